The SMILES string of the molecule is NCCCC(CN)CC=O. The predicted octanol–water partition coefficient (Wildman–Crippen LogP) is -0.111. The van der Waals surface area contributed by atoms with E-state index in [0.29, 0.717) is 25.4 Å². The average Bonchev–Trinajstić information content (AvgIpc) is 1.98. The normalized spacial score (nSPS) is 13.0. The maximum absolute atomic E-state index is 10.1. The van der Waals surface area contributed by atoms with E-state index in [-0.39, 0.29) is 0 Å². The summed E-state index contributed by atoms with van der Waals surface area (Å²) in [6, 6.07) is 0. The van der Waals surface area contributed by atoms with E-state index in [4.69, 9.17) is 11.5 Å². The lowest BCUT2D eigenvalue weighted by atomic mass is 10.0. The molecule has 1 atom stereocenters. The molecular weight excluding hydrogens is 128 g/mol. The van der Waals surface area contributed by atoms with Crippen molar-refractivity contribution in [3.05, 3.63) is 0 Å². The van der Waals surface area contributed by atoms with Crippen molar-refractivity contribution in [3.63, 3.8) is 0 Å². The van der Waals surface area contributed by atoms with Gasteiger partial charge in [-0.15, -0.1) is 0 Å². The minimum atomic E-state index is 0.348. The number of hydrogen-bond acceptors (Lipinski definition) is 3. The molecule has 1 unspecified atom stereocenters. The first kappa shape index (κ1) is 9.59. The van der Waals surface area contributed by atoms with Gasteiger partial charge in [-0.25, -0.2) is 0 Å². The van der Waals surface area contributed by atoms with Gasteiger partial charge in [0, 0.05) is 6.42 Å². The molecule has 0 aliphatic carbocycles. The Kier molecular flexibility index (Phi) is 6.43. The van der Waals surface area contributed by atoms with Gasteiger partial charge in [0.25, 0.3) is 0 Å². The largest absolute Gasteiger partial charge is 0.330 e. The molecule has 0 saturated heterocycles. The van der Waals surface area contributed by atoms with Gasteiger partial charge in [0.1, 0.15) is 6.29 Å². The summed E-state index contributed by atoms with van der Waals surface area (Å²) in [6.45, 7) is 1.29. The molecule has 0 amide bonds. The molecule has 0 aromatic heterocycles. The van der Waals surface area contributed by atoms with Crippen molar-refractivity contribution in [2.75, 3.05) is 13.1 Å². The van der Waals surface area contributed by atoms with Crippen LogP contribution in [0.2, 0.25) is 0 Å². The molecule has 3 heteroatoms. The summed E-state index contributed by atoms with van der Waals surface area (Å²) in [4.78, 5) is 10.1. The molecule has 4 N–H and O–H groups in total. The Bertz CT molecular complexity index is 85.7. The molecule has 3 nitrogen and oxygen atoms in total. The molecule has 0 radical (unpaired) electrons. The van der Waals surface area contributed by atoms with Crippen LogP contribution in [0.25, 0.3) is 0 Å². The molecule has 0 rings (SSSR count). The standard InChI is InChI=1S/C7H16N2O/c8-4-1-2-7(6-9)3-5-10/h5,7H,1-4,6,8-9H2. The van der Waals surface area contributed by atoms with Crippen LogP contribution < -0.4 is 11.5 Å². The van der Waals surface area contributed by atoms with Gasteiger partial charge in [0.15, 0.2) is 0 Å². The highest BCUT2D eigenvalue weighted by molar-refractivity contribution is 5.49. The lowest BCUT2D eigenvalue weighted by Crippen LogP contribution is -2.16. The number of aldehydes is 1. The molecule has 0 aromatic rings. The third kappa shape index (κ3) is 4.47. The van der Waals surface area contributed by atoms with Gasteiger partial charge in [-0.05, 0) is 31.8 Å². The zero-order chi connectivity index (χ0) is 7.82. The van der Waals surface area contributed by atoms with Crippen LogP contribution in [-0.2, 0) is 4.79 Å². The summed E-state index contributed by atoms with van der Waals surface area (Å²) in [6.07, 6.45) is 3.45. The Hall–Kier alpha value is -0.410. The molecule has 0 heterocycles. The Morgan fingerprint density at radius 1 is 1.40 bits per heavy atom. The highest BCUT2D eigenvalue weighted by Gasteiger charge is 2.03. The van der Waals surface area contributed by atoms with E-state index >= 15 is 0 Å². The van der Waals surface area contributed by atoms with E-state index in [1.807, 2.05) is 0 Å². The molecule has 0 bridgehead atoms. The van der Waals surface area contributed by atoms with Gasteiger partial charge in [-0.3, -0.25) is 0 Å². The van der Waals surface area contributed by atoms with Gasteiger partial charge in [-0.1, -0.05) is 0 Å². The fourth-order valence-electron chi connectivity index (χ4n) is 0.875. The van der Waals surface area contributed by atoms with Crippen molar-refractivity contribution in [1.29, 1.82) is 0 Å². The van der Waals surface area contributed by atoms with E-state index in [1.165, 1.54) is 0 Å². The first-order chi connectivity index (χ1) is 4.85. The highest BCUT2D eigenvalue weighted by Crippen LogP contribution is 2.06. The quantitative estimate of drug-likeness (QED) is 0.511. The first-order valence-electron chi connectivity index (χ1n) is 3.69. The van der Waals surface area contributed by atoms with Gasteiger partial charge < -0.3 is 16.3 Å². The monoisotopic (exact) mass is 144 g/mol. The van der Waals surface area contributed by atoms with Crippen LogP contribution in [0.5, 0.6) is 0 Å². The Labute approximate surface area is 61.8 Å². The summed E-state index contributed by atoms with van der Waals surface area (Å²) < 4.78 is 0. The van der Waals surface area contributed by atoms with Gasteiger partial charge in [0.2, 0.25) is 0 Å². The molecule has 60 valence electrons. The van der Waals surface area contributed by atoms with Crippen LogP contribution in [-0.4, -0.2) is 19.4 Å². The molecule has 0 spiro atoms. The van der Waals surface area contributed by atoms with Crippen molar-refractivity contribution in [1.82, 2.24) is 0 Å². The van der Waals surface area contributed by atoms with Crippen molar-refractivity contribution in [2.24, 2.45) is 17.4 Å². The topological polar surface area (TPSA) is 69.1 Å². The third-order valence-electron chi connectivity index (χ3n) is 1.58. The zero-order valence-corrected chi connectivity index (χ0v) is 6.25. The summed E-state index contributed by atoms with van der Waals surface area (Å²) in [5, 5.41) is 0. The Morgan fingerprint density at radius 2 is 2.10 bits per heavy atom. The summed E-state index contributed by atoms with van der Waals surface area (Å²) in [5.74, 6) is 0.348. The van der Waals surface area contributed by atoms with Gasteiger partial charge in [-0.2, -0.15) is 0 Å². The number of nitrogens with two attached hydrogens (primary N) is 2. The van der Waals surface area contributed by atoms with E-state index in [1.54, 1.807) is 0 Å². The maximum Gasteiger partial charge on any atom is 0.120 e. The fraction of sp³-hybridized carbons (Fsp3) is 0.857. The van der Waals surface area contributed by atoms with E-state index < -0.39 is 0 Å². The van der Waals surface area contributed by atoms with E-state index in [0.717, 1.165) is 19.1 Å². The summed E-state index contributed by atoms with van der Waals surface area (Å²) in [7, 11) is 0. The predicted molar refractivity (Wildman–Crippen MR) is 41.5 cm³/mol. The number of carbonyl (C=O) groups excluding carboxylic acids is 1. The fourth-order valence-corrected chi connectivity index (χ4v) is 0.875. The van der Waals surface area contributed by atoms with Crippen molar-refractivity contribution >= 4 is 6.29 Å². The number of hydrogen-bond donors (Lipinski definition) is 2. The minimum Gasteiger partial charge on any atom is -0.330 e. The second-order valence-electron chi connectivity index (χ2n) is 2.44. The van der Waals surface area contributed by atoms with Gasteiger partial charge >= 0.3 is 0 Å². The van der Waals surface area contributed by atoms with Crippen molar-refractivity contribution in [2.45, 2.75) is 19.3 Å². The third-order valence-corrected chi connectivity index (χ3v) is 1.58. The Morgan fingerprint density at radius 3 is 2.50 bits per heavy atom. The van der Waals surface area contributed by atoms with Crippen molar-refractivity contribution in [3.8, 4) is 0 Å². The van der Waals surface area contributed by atoms with Crippen LogP contribution in [0.1, 0.15) is 19.3 Å². The van der Waals surface area contributed by atoms with Crippen LogP contribution in [0.3, 0.4) is 0 Å². The highest BCUT2D eigenvalue weighted by atomic mass is 16.1. The molecular formula is C7H16N2O. The lowest BCUT2D eigenvalue weighted by molar-refractivity contribution is -0.108. The first-order valence-corrected chi connectivity index (χ1v) is 3.69. The molecule has 0 aliphatic rings. The smallest absolute Gasteiger partial charge is 0.120 e. The summed E-state index contributed by atoms with van der Waals surface area (Å²) >= 11 is 0. The van der Waals surface area contributed by atoms with Crippen LogP contribution in [0.15, 0.2) is 0 Å². The average molecular weight is 144 g/mol. The molecule has 0 fully saturated rings. The van der Waals surface area contributed by atoms with E-state index in [9.17, 15) is 4.79 Å². The van der Waals surface area contributed by atoms with Crippen LogP contribution in [0, 0.1) is 5.92 Å². The molecule has 0 aliphatic heterocycles. The van der Waals surface area contributed by atoms with Crippen LogP contribution >= 0.6 is 0 Å². The minimum absolute atomic E-state index is 0.348. The zero-order valence-electron chi connectivity index (χ0n) is 6.25. The van der Waals surface area contributed by atoms with Gasteiger partial charge in [0.05, 0.1) is 0 Å². The molecule has 0 aromatic carbocycles. The number of carbonyl (C=O) groups is 1. The number of rotatable bonds is 6. The van der Waals surface area contributed by atoms with Crippen molar-refractivity contribution < 1.29 is 4.79 Å². The lowest BCUT2D eigenvalue weighted by Gasteiger charge is -2.08. The van der Waals surface area contributed by atoms with E-state index in [2.05, 4.69) is 0 Å². The summed E-state index contributed by atoms with van der Waals surface area (Å²) in [5.41, 5.74) is 10.7. The second kappa shape index (κ2) is 6.71. The maximum atomic E-state index is 10.1. The molecule has 0 saturated carbocycles. The van der Waals surface area contributed by atoms with Crippen LogP contribution in [0.4, 0.5) is 0 Å². The molecule has 10 heavy (non-hydrogen) atoms. The second-order valence-corrected chi connectivity index (χ2v) is 2.44. The Balaban J connectivity index is 3.29.